The van der Waals surface area contributed by atoms with Gasteiger partial charge in [0.2, 0.25) is 0 Å². The molecule has 3 heteroatoms. The van der Waals surface area contributed by atoms with Crippen LogP contribution in [-0.2, 0) is 0 Å². The Hall–Kier alpha value is -0.730. The molecule has 1 heterocycles. The molecule has 2 amide bonds. The molecule has 1 aliphatic heterocycles. The molecule has 0 aliphatic carbocycles. The third kappa shape index (κ3) is 13.8. The molecular weight excluding hydrogens is 176 g/mol. The molecule has 1 aliphatic rings. The van der Waals surface area contributed by atoms with Crippen LogP contribution >= 0.6 is 0 Å². The number of carbonyl (C=O) groups is 1. The van der Waals surface area contributed by atoms with Crippen LogP contribution in [0, 0.1) is 5.92 Å². The van der Waals surface area contributed by atoms with Crippen molar-refractivity contribution in [2.24, 2.45) is 5.92 Å². The highest BCUT2D eigenvalue weighted by molar-refractivity contribution is 5.75. The summed E-state index contributed by atoms with van der Waals surface area (Å²) in [5.74, 6) is 0.833. The number of hydrogen-bond donors (Lipinski definition) is 1. The minimum Gasteiger partial charge on any atom is -0.336 e. The molecule has 1 N–H and O–H groups in total. The van der Waals surface area contributed by atoms with Crippen molar-refractivity contribution >= 4 is 6.03 Å². The smallest absolute Gasteiger partial charge is 0.317 e. The van der Waals surface area contributed by atoms with Crippen LogP contribution in [0.2, 0.25) is 0 Å². The highest BCUT2D eigenvalue weighted by atomic mass is 16.2. The molecule has 1 fully saturated rings. The zero-order chi connectivity index (χ0) is 11.6. The molecule has 3 nitrogen and oxygen atoms in total. The van der Waals surface area contributed by atoms with Gasteiger partial charge in [-0.3, -0.25) is 0 Å². The maximum atomic E-state index is 10.4. The second-order valence-corrected chi connectivity index (χ2v) is 4.09. The second kappa shape index (κ2) is 10.4. The normalized spacial score (nSPS) is 13.9. The molecule has 86 valence electrons. The number of likely N-dealkylation sites (N-methyl/N-ethyl adjacent to an activating group) is 1. The maximum absolute atomic E-state index is 10.4. The molecule has 1 saturated heterocycles. The van der Waals surface area contributed by atoms with Gasteiger partial charge in [-0.05, 0) is 5.92 Å². The van der Waals surface area contributed by atoms with E-state index >= 15 is 0 Å². The minimum atomic E-state index is 0.0417. The Morgan fingerprint density at radius 3 is 1.79 bits per heavy atom. The Morgan fingerprint density at radius 1 is 1.36 bits per heavy atom. The van der Waals surface area contributed by atoms with Crippen molar-refractivity contribution < 1.29 is 4.79 Å². The van der Waals surface area contributed by atoms with Gasteiger partial charge in [0.1, 0.15) is 0 Å². The van der Waals surface area contributed by atoms with Gasteiger partial charge in [-0.1, -0.05) is 41.0 Å². The quantitative estimate of drug-likeness (QED) is 0.643. The van der Waals surface area contributed by atoms with Crippen LogP contribution in [0.5, 0.6) is 0 Å². The molecule has 0 bridgehead atoms. The van der Waals surface area contributed by atoms with E-state index in [9.17, 15) is 4.79 Å². The lowest BCUT2D eigenvalue weighted by molar-refractivity contribution is 0.226. The number of carbonyl (C=O) groups excluding carboxylic acids is 1. The summed E-state index contributed by atoms with van der Waals surface area (Å²) < 4.78 is 0. The van der Waals surface area contributed by atoms with Crippen LogP contribution in [0.1, 0.15) is 41.0 Å². The van der Waals surface area contributed by atoms with Gasteiger partial charge in [0, 0.05) is 20.1 Å². The molecule has 0 atom stereocenters. The molecule has 0 spiro atoms. The van der Waals surface area contributed by atoms with E-state index in [2.05, 4.69) is 39.9 Å². The summed E-state index contributed by atoms with van der Waals surface area (Å²) in [7, 11) is 1.78. The molecule has 0 aromatic carbocycles. The molecular formula is C11H26N2O. The fourth-order valence-corrected chi connectivity index (χ4v) is 0.567. The highest BCUT2D eigenvalue weighted by Gasteiger charge is 2.12. The highest BCUT2D eigenvalue weighted by Crippen LogP contribution is 1.88. The van der Waals surface area contributed by atoms with Crippen molar-refractivity contribution in [3.63, 3.8) is 0 Å². The monoisotopic (exact) mass is 202 g/mol. The Kier molecular flexibility index (Phi) is 11.6. The first kappa shape index (κ1) is 15.7. The largest absolute Gasteiger partial charge is 0.336 e. The van der Waals surface area contributed by atoms with E-state index in [1.54, 1.807) is 11.9 Å². The standard InChI is InChI=1S/C4H8N2O.C4H10.C3H8/c1-6-3-2-5-4(6)7;1-4(2)3;1-3-2/h2-3H2,1H3,(H,5,7);4H,1-3H3;3H2,1-2H3. The van der Waals surface area contributed by atoms with Gasteiger partial charge in [-0.25, -0.2) is 4.79 Å². The number of nitrogens with one attached hydrogen (secondary N) is 1. The average molecular weight is 202 g/mol. The van der Waals surface area contributed by atoms with Crippen molar-refractivity contribution in [2.75, 3.05) is 20.1 Å². The van der Waals surface area contributed by atoms with Gasteiger partial charge in [0.15, 0.2) is 0 Å². The third-order valence-electron chi connectivity index (χ3n) is 1.07. The molecule has 14 heavy (non-hydrogen) atoms. The van der Waals surface area contributed by atoms with E-state index in [4.69, 9.17) is 0 Å². The van der Waals surface area contributed by atoms with E-state index in [-0.39, 0.29) is 6.03 Å². The number of nitrogens with zero attached hydrogens (tertiary/aromatic N) is 1. The lowest BCUT2D eigenvalue weighted by Gasteiger charge is -2.01. The number of hydrogen-bond acceptors (Lipinski definition) is 1. The Balaban J connectivity index is 0. The molecule has 0 radical (unpaired) electrons. The first-order valence-electron chi connectivity index (χ1n) is 5.44. The van der Waals surface area contributed by atoms with Crippen molar-refractivity contribution in [3.8, 4) is 0 Å². The zero-order valence-corrected chi connectivity index (χ0v) is 10.6. The minimum absolute atomic E-state index is 0.0417. The number of rotatable bonds is 0. The van der Waals surface area contributed by atoms with Crippen LogP contribution in [0.25, 0.3) is 0 Å². The predicted octanol–water partition coefficient (Wildman–Crippen LogP) is 2.72. The van der Waals surface area contributed by atoms with Gasteiger partial charge in [0.25, 0.3) is 0 Å². The Bertz CT molecular complexity index is 132. The van der Waals surface area contributed by atoms with Crippen LogP contribution < -0.4 is 5.32 Å². The summed E-state index contributed by atoms with van der Waals surface area (Å²) >= 11 is 0. The van der Waals surface area contributed by atoms with Crippen molar-refractivity contribution in [1.82, 2.24) is 10.2 Å². The molecule has 0 unspecified atom stereocenters. The summed E-state index contributed by atoms with van der Waals surface area (Å²) in [6, 6.07) is 0.0417. The van der Waals surface area contributed by atoms with Gasteiger partial charge in [0.05, 0.1) is 0 Å². The van der Waals surface area contributed by atoms with Gasteiger partial charge >= 0.3 is 6.03 Å². The van der Waals surface area contributed by atoms with Gasteiger partial charge in [-0.15, -0.1) is 0 Å². The lowest BCUT2D eigenvalue weighted by Crippen LogP contribution is -2.23. The molecule has 1 rings (SSSR count). The van der Waals surface area contributed by atoms with Crippen molar-refractivity contribution in [1.29, 1.82) is 0 Å². The summed E-state index contributed by atoms with van der Waals surface area (Å²) in [5.41, 5.74) is 0. The van der Waals surface area contributed by atoms with E-state index in [0.29, 0.717) is 0 Å². The fourth-order valence-electron chi connectivity index (χ4n) is 0.567. The first-order chi connectivity index (χ1) is 6.45. The zero-order valence-electron chi connectivity index (χ0n) is 10.6. The van der Waals surface area contributed by atoms with Crippen LogP contribution in [-0.4, -0.2) is 31.1 Å². The second-order valence-electron chi connectivity index (χ2n) is 4.09. The van der Waals surface area contributed by atoms with Gasteiger partial charge in [-0.2, -0.15) is 0 Å². The van der Waals surface area contributed by atoms with Crippen molar-refractivity contribution in [2.45, 2.75) is 41.0 Å². The summed E-state index contributed by atoms with van der Waals surface area (Å²) in [6.45, 7) is 12.4. The van der Waals surface area contributed by atoms with Crippen molar-refractivity contribution in [3.05, 3.63) is 0 Å². The Labute approximate surface area is 88.9 Å². The fraction of sp³-hybridized carbons (Fsp3) is 0.909. The van der Waals surface area contributed by atoms with Crippen LogP contribution in [0.3, 0.4) is 0 Å². The predicted molar refractivity (Wildman–Crippen MR) is 62.5 cm³/mol. The SMILES string of the molecule is CC(C)C.CCC.CN1CCNC1=O. The Morgan fingerprint density at radius 2 is 1.71 bits per heavy atom. The number of amides is 2. The van der Waals surface area contributed by atoms with Crippen LogP contribution in [0.4, 0.5) is 4.79 Å². The lowest BCUT2D eigenvalue weighted by atomic mass is 10.3. The third-order valence-corrected chi connectivity index (χ3v) is 1.07. The van der Waals surface area contributed by atoms with E-state index in [0.717, 1.165) is 19.0 Å². The summed E-state index contributed by atoms with van der Waals surface area (Å²) in [6.07, 6.45) is 1.25. The van der Waals surface area contributed by atoms with E-state index < -0.39 is 0 Å². The number of urea groups is 1. The molecule has 0 aromatic heterocycles. The molecule has 0 aromatic rings. The molecule has 0 saturated carbocycles. The van der Waals surface area contributed by atoms with E-state index in [1.807, 2.05) is 0 Å². The average Bonchev–Trinajstić information content (AvgIpc) is 2.36. The summed E-state index contributed by atoms with van der Waals surface area (Å²) in [4.78, 5) is 12.0. The van der Waals surface area contributed by atoms with Gasteiger partial charge < -0.3 is 10.2 Å². The summed E-state index contributed by atoms with van der Waals surface area (Å²) in [5, 5.41) is 2.66. The maximum Gasteiger partial charge on any atom is 0.317 e. The topological polar surface area (TPSA) is 32.3 Å². The van der Waals surface area contributed by atoms with E-state index in [1.165, 1.54) is 6.42 Å². The first-order valence-corrected chi connectivity index (χ1v) is 5.44. The van der Waals surface area contributed by atoms with Crippen LogP contribution in [0.15, 0.2) is 0 Å².